The van der Waals surface area contributed by atoms with Crippen LogP contribution in [0.15, 0.2) is 23.1 Å². The molecular formula is C18H25N3O7S. The van der Waals surface area contributed by atoms with Crippen molar-refractivity contribution in [2.75, 3.05) is 33.9 Å². The van der Waals surface area contributed by atoms with Crippen LogP contribution in [0.1, 0.15) is 36.0 Å². The fourth-order valence-corrected chi connectivity index (χ4v) is 4.42. The first-order valence-corrected chi connectivity index (χ1v) is 10.6. The highest BCUT2D eigenvalue weighted by Crippen LogP contribution is 2.26. The van der Waals surface area contributed by atoms with Crippen LogP contribution in [0.3, 0.4) is 0 Å². The molecule has 1 aliphatic rings. The summed E-state index contributed by atoms with van der Waals surface area (Å²) in [6.07, 6.45) is 3.52. The van der Waals surface area contributed by atoms with E-state index >= 15 is 0 Å². The van der Waals surface area contributed by atoms with E-state index in [1.807, 2.05) is 5.32 Å². The van der Waals surface area contributed by atoms with Crippen LogP contribution >= 0.6 is 0 Å². The fourth-order valence-electron chi connectivity index (χ4n) is 2.87. The van der Waals surface area contributed by atoms with Gasteiger partial charge in [0.25, 0.3) is 5.91 Å². The predicted molar refractivity (Wildman–Crippen MR) is 103 cm³/mol. The average molecular weight is 427 g/mol. The van der Waals surface area contributed by atoms with E-state index < -0.39 is 34.5 Å². The molecule has 0 aliphatic carbocycles. The van der Waals surface area contributed by atoms with Crippen LogP contribution < -0.4 is 15.4 Å². The summed E-state index contributed by atoms with van der Waals surface area (Å²) in [5.41, 5.74) is -0.129. The van der Waals surface area contributed by atoms with Gasteiger partial charge in [-0.1, -0.05) is 12.8 Å². The van der Waals surface area contributed by atoms with Gasteiger partial charge >= 0.3 is 12.0 Å². The minimum atomic E-state index is -3.78. The molecule has 1 fully saturated rings. The highest BCUT2D eigenvalue weighted by Gasteiger charge is 2.27. The molecule has 1 aliphatic heterocycles. The molecule has 11 heteroatoms. The Bertz CT molecular complexity index is 862. The minimum Gasteiger partial charge on any atom is -0.496 e. The summed E-state index contributed by atoms with van der Waals surface area (Å²) in [6.45, 7) is 0.139. The lowest BCUT2D eigenvalue weighted by Crippen LogP contribution is -2.39. The van der Waals surface area contributed by atoms with Gasteiger partial charge in [0.2, 0.25) is 10.0 Å². The lowest BCUT2D eigenvalue weighted by atomic mass is 10.2. The van der Waals surface area contributed by atoms with Gasteiger partial charge in [-0.15, -0.1) is 0 Å². The van der Waals surface area contributed by atoms with Crippen molar-refractivity contribution in [2.45, 2.75) is 30.6 Å². The molecule has 0 saturated carbocycles. The van der Waals surface area contributed by atoms with Crippen LogP contribution in [0.5, 0.6) is 5.75 Å². The lowest BCUT2D eigenvalue weighted by Gasteiger charge is -2.20. The van der Waals surface area contributed by atoms with Gasteiger partial charge in [0, 0.05) is 20.1 Å². The number of nitrogens with zero attached hydrogens (tertiary/aromatic N) is 1. The highest BCUT2D eigenvalue weighted by molar-refractivity contribution is 7.89. The number of nitrogens with one attached hydrogen (secondary N) is 2. The summed E-state index contributed by atoms with van der Waals surface area (Å²) in [5, 5.41) is 4.14. The van der Waals surface area contributed by atoms with Crippen molar-refractivity contribution in [3.8, 4) is 5.75 Å². The summed E-state index contributed by atoms with van der Waals surface area (Å²) in [5.74, 6) is -1.66. The van der Waals surface area contributed by atoms with Crippen LogP contribution in [-0.4, -0.2) is 64.5 Å². The minimum absolute atomic E-state index is 0.0537. The molecular weight excluding hydrogens is 402 g/mol. The zero-order valence-corrected chi connectivity index (χ0v) is 17.2. The second-order valence-electron chi connectivity index (χ2n) is 6.38. The number of methoxy groups -OCH3 is 1. The van der Waals surface area contributed by atoms with Gasteiger partial charge in [0.1, 0.15) is 11.3 Å². The zero-order chi connectivity index (χ0) is 21.4. The zero-order valence-electron chi connectivity index (χ0n) is 16.4. The normalized spacial score (nSPS) is 15.1. The molecule has 1 heterocycles. The number of amides is 3. The first-order chi connectivity index (χ1) is 13.8. The summed E-state index contributed by atoms with van der Waals surface area (Å²) in [4.78, 5) is 35.0. The van der Waals surface area contributed by atoms with Gasteiger partial charge in [-0.3, -0.25) is 10.1 Å². The summed E-state index contributed by atoms with van der Waals surface area (Å²) in [6, 6.07) is 3.17. The quantitative estimate of drug-likeness (QED) is 0.644. The molecule has 0 spiro atoms. The number of carbonyl (C=O) groups is 3. The average Bonchev–Trinajstić information content (AvgIpc) is 3.01. The van der Waals surface area contributed by atoms with E-state index in [0.717, 1.165) is 25.7 Å². The van der Waals surface area contributed by atoms with Crippen molar-refractivity contribution in [3.63, 3.8) is 0 Å². The Morgan fingerprint density at radius 3 is 2.34 bits per heavy atom. The Morgan fingerprint density at radius 1 is 1.10 bits per heavy atom. The number of urea groups is 1. The van der Waals surface area contributed by atoms with E-state index in [9.17, 15) is 22.8 Å². The number of esters is 1. The van der Waals surface area contributed by atoms with Gasteiger partial charge < -0.3 is 14.8 Å². The maximum Gasteiger partial charge on any atom is 0.342 e. The van der Waals surface area contributed by atoms with E-state index in [1.165, 1.54) is 36.7 Å². The summed E-state index contributed by atoms with van der Waals surface area (Å²) < 4.78 is 37.3. The van der Waals surface area contributed by atoms with Crippen molar-refractivity contribution >= 4 is 27.9 Å². The Kier molecular flexibility index (Phi) is 7.97. The molecule has 0 aromatic heterocycles. The maximum atomic E-state index is 13.0. The number of ether oxygens (including phenoxy) is 2. The monoisotopic (exact) mass is 427 g/mol. The van der Waals surface area contributed by atoms with Crippen LogP contribution in [-0.2, 0) is 19.6 Å². The third-order valence-corrected chi connectivity index (χ3v) is 6.30. The predicted octanol–water partition coefficient (Wildman–Crippen LogP) is 0.872. The van der Waals surface area contributed by atoms with Crippen LogP contribution in [0.2, 0.25) is 0 Å². The molecule has 1 aromatic carbocycles. The van der Waals surface area contributed by atoms with E-state index in [-0.39, 0.29) is 16.2 Å². The number of benzene rings is 1. The van der Waals surface area contributed by atoms with Gasteiger partial charge in [-0.25, -0.2) is 18.0 Å². The molecule has 1 aromatic rings. The number of rotatable bonds is 6. The third kappa shape index (κ3) is 5.91. The van der Waals surface area contributed by atoms with Gasteiger partial charge in [-0.05, 0) is 31.0 Å². The van der Waals surface area contributed by atoms with Crippen molar-refractivity contribution in [3.05, 3.63) is 23.8 Å². The summed E-state index contributed by atoms with van der Waals surface area (Å²) >= 11 is 0. The van der Waals surface area contributed by atoms with E-state index in [0.29, 0.717) is 13.1 Å². The van der Waals surface area contributed by atoms with Crippen molar-refractivity contribution < 1.29 is 32.3 Å². The van der Waals surface area contributed by atoms with Crippen molar-refractivity contribution in [2.24, 2.45) is 0 Å². The van der Waals surface area contributed by atoms with E-state index in [2.05, 4.69) is 5.32 Å². The molecule has 29 heavy (non-hydrogen) atoms. The largest absolute Gasteiger partial charge is 0.496 e. The molecule has 0 bridgehead atoms. The standard InChI is InChI=1S/C18H25N3O7S/c1-19-18(24)20-16(22)12-28-17(23)14-11-13(7-8-15(14)27-2)29(25,26)21-9-5-3-4-6-10-21/h7-8,11H,3-6,9-10,12H2,1-2H3,(H2,19,20,22,24). The smallest absolute Gasteiger partial charge is 0.342 e. The maximum absolute atomic E-state index is 13.0. The van der Waals surface area contributed by atoms with Crippen molar-refractivity contribution in [1.82, 2.24) is 14.9 Å². The molecule has 0 atom stereocenters. The van der Waals surface area contributed by atoms with E-state index in [4.69, 9.17) is 9.47 Å². The molecule has 160 valence electrons. The number of carbonyl (C=O) groups excluding carboxylic acids is 3. The van der Waals surface area contributed by atoms with Gasteiger partial charge in [-0.2, -0.15) is 4.31 Å². The Hall–Kier alpha value is -2.66. The topological polar surface area (TPSA) is 131 Å². The summed E-state index contributed by atoms with van der Waals surface area (Å²) in [7, 11) is -1.12. The third-order valence-electron chi connectivity index (χ3n) is 4.41. The highest BCUT2D eigenvalue weighted by atomic mass is 32.2. The SMILES string of the molecule is CNC(=O)NC(=O)COC(=O)c1cc(S(=O)(=O)N2CCCCCC2)ccc1OC. The molecule has 2 rings (SSSR count). The van der Waals surface area contributed by atoms with E-state index in [1.54, 1.807) is 0 Å². The fraction of sp³-hybridized carbons (Fsp3) is 0.500. The Labute approximate surface area is 169 Å². The number of imide groups is 1. The van der Waals surface area contributed by atoms with Crippen LogP contribution in [0, 0.1) is 0 Å². The lowest BCUT2D eigenvalue weighted by molar-refractivity contribution is -0.123. The van der Waals surface area contributed by atoms with Gasteiger partial charge in [0.05, 0.1) is 12.0 Å². The second kappa shape index (κ2) is 10.2. The second-order valence-corrected chi connectivity index (χ2v) is 8.32. The number of hydrogen-bond donors (Lipinski definition) is 2. The number of sulfonamides is 1. The first-order valence-electron chi connectivity index (χ1n) is 9.16. The molecule has 0 radical (unpaired) electrons. The number of hydrogen-bond acceptors (Lipinski definition) is 7. The molecule has 10 nitrogen and oxygen atoms in total. The van der Waals surface area contributed by atoms with Crippen LogP contribution in [0.4, 0.5) is 4.79 Å². The molecule has 1 saturated heterocycles. The Balaban J connectivity index is 2.20. The molecule has 2 N–H and O–H groups in total. The first kappa shape index (κ1) is 22.6. The van der Waals surface area contributed by atoms with Crippen LogP contribution in [0.25, 0.3) is 0 Å². The molecule has 0 unspecified atom stereocenters. The van der Waals surface area contributed by atoms with Crippen molar-refractivity contribution in [1.29, 1.82) is 0 Å². The molecule has 3 amide bonds. The van der Waals surface area contributed by atoms with Gasteiger partial charge in [0.15, 0.2) is 6.61 Å². The Morgan fingerprint density at radius 2 is 1.76 bits per heavy atom.